The van der Waals surface area contributed by atoms with Crippen molar-refractivity contribution in [2.24, 2.45) is 0 Å². The number of hydrogen-bond donors (Lipinski definition) is 2. The molecule has 0 aliphatic rings. The lowest BCUT2D eigenvalue weighted by Crippen LogP contribution is -2.16. The SMILES string of the molecule is COc1ccc(NC(=O)CSc2ccccc2C(=O)Nc2ccc3nc(C)sc3c2)cc1OC. The van der Waals surface area contributed by atoms with E-state index in [1.165, 1.54) is 18.9 Å². The van der Waals surface area contributed by atoms with Gasteiger partial charge in [0.2, 0.25) is 5.91 Å². The summed E-state index contributed by atoms with van der Waals surface area (Å²) >= 11 is 2.88. The average molecular weight is 494 g/mol. The minimum Gasteiger partial charge on any atom is -0.493 e. The first-order valence-corrected chi connectivity index (χ1v) is 12.2. The first-order valence-electron chi connectivity index (χ1n) is 10.4. The second kappa shape index (κ2) is 10.6. The fourth-order valence-corrected chi connectivity index (χ4v) is 5.07. The molecule has 1 aromatic heterocycles. The number of ether oxygens (including phenoxy) is 2. The number of carbonyl (C=O) groups is 2. The molecule has 9 heteroatoms. The van der Waals surface area contributed by atoms with E-state index in [1.54, 1.807) is 48.8 Å². The minimum atomic E-state index is -0.232. The molecule has 2 N–H and O–H groups in total. The van der Waals surface area contributed by atoms with Gasteiger partial charge in [-0.05, 0) is 49.4 Å². The van der Waals surface area contributed by atoms with E-state index < -0.39 is 0 Å². The molecular weight excluding hydrogens is 470 g/mol. The van der Waals surface area contributed by atoms with Crippen molar-refractivity contribution in [3.63, 3.8) is 0 Å². The summed E-state index contributed by atoms with van der Waals surface area (Å²) < 4.78 is 11.5. The van der Waals surface area contributed by atoms with E-state index in [4.69, 9.17) is 9.47 Å². The van der Waals surface area contributed by atoms with E-state index in [1.807, 2.05) is 37.3 Å². The number of methoxy groups -OCH3 is 2. The number of nitrogens with one attached hydrogen (secondary N) is 2. The smallest absolute Gasteiger partial charge is 0.256 e. The lowest BCUT2D eigenvalue weighted by atomic mass is 10.2. The number of amides is 2. The van der Waals surface area contributed by atoms with Crippen LogP contribution in [0.2, 0.25) is 0 Å². The average Bonchev–Trinajstić information content (AvgIpc) is 3.22. The molecule has 0 saturated heterocycles. The molecule has 4 aromatic rings. The Hall–Kier alpha value is -3.56. The summed E-state index contributed by atoms with van der Waals surface area (Å²) in [6.45, 7) is 1.96. The van der Waals surface area contributed by atoms with Gasteiger partial charge >= 0.3 is 0 Å². The number of rotatable bonds is 8. The third-order valence-electron chi connectivity index (χ3n) is 4.91. The van der Waals surface area contributed by atoms with E-state index in [0.717, 1.165) is 20.1 Å². The Kier molecular flexibility index (Phi) is 7.34. The summed E-state index contributed by atoms with van der Waals surface area (Å²) in [6, 6.07) is 18.1. The van der Waals surface area contributed by atoms with Crippen LogP contribution in [0, 0.1) is 6.92 Å². The number of benzene rings is 3. The van der Waals surface area contributed by atoms with Crippen LogP contribution in [0.15, 0.2) is 65.6 Å². The molecule has 0 unspecified atom stereocenters. The molecule has 7 nitrogen and oxygen atoms in total. The van der Waals surface area contributed by atoms with Gasteiger partial charge < -0.3 is 20.1 Å². The second-order valence-corrected chi connectivity index (χ2v) is 9.52. The van der Waals surface area contributed by atoms with E-state index in [2.05, 4.69) is 15.6 Å². The molecule has 0 atom stereocenters. The Bertz CT molecular complexity index is 1350. The number of aromatic nitrogens is 1. The number of thiazole rings is 1. The maximum absolute atomic E-state index is 13.0. The molecule has 2 amide bonds. The number of carbonyl (C=O) groups excluding carboxylic acids is 2. The number of fused-ring (bicyclic) bond motifs is 1. The Balaban J connectivity index is 1.41. The Morgan fingerprint density at radius 3 is 2.47 bits per heavy atom. The van der Waals surface area contributed by atoms with Crippen LogP contribution in [0.5, 0.6) is 11.5 Å². The molecule has 174 valence electrons. The highest BCUT2D eigenvalue weighted by molar-refractivity contribution is 8.00. The summed E-state index contributed by atoms with van der Waals surface area (Å²) in [5.41, 5.74) is 2.72. The number of anilines is 2. The quantitative estimate of drug-likeness (QED) is 0.310. The molecule has 1 heterocycles. The molecule has 0 aliphatic heterocycles. The highest BCUT2D eigenvalue weighted by atomic mass is 32.2. The van der Waals surface area contributed by atoms with Gasteiger partial charge in [-0.25, -0.2) is 4.98 Å². The van der Waals surface area contributed by atoms with Crippen LogP contribution >= 0.6 is 23.1 Å². The molecule has 0 spiro atoms. The number of nitrogens with zero attached hydrogens (tertiary/aromatic N) is 1. The van der Waals surface area contributed by atoms with Crippen molar-refractivity contribution >= 4 is 56.5 Å². The van der Waals surface area contributed by atoms with Crippen molar-refractivity contribution in [2.45, 2.75) is 11.8 Å². The van der Waals surface area contributed by atoms with Crippen LogP contribution in [0.25, 0.3) is 10.2 Å². The Morgan fingerprint density at radius 1 is 0.941 bits per heavy atom. The predicted octanol–water partition coefficient (Wildman–Crippen LogP) is 5.61. The van der Waals surface area contributed by atoms with Crippen molar-refractivity contribution < 1.29 is 19.1 Å². The Labute approximate surface area is 205 Å². The molecule has 0 fully saturated rings. The summed E-state index contributed by atoms with van der Waals surface area (Å²) in [4.78, 5) is 30.7. The van der Waals surface area contributed by atoms with Crippen molar-refractivity contribution in [3.05, 3.63) is 71.2 Å². The fourth-order valence-electron chi connectivity index (χ4n) is 3.35. The van der Waals surface area contributed by atoms with Gasteiger partial charge in [0.25, 0.3) is 5.91 Å². The molecular formula is C25H23N3O4S2. The van der Waals surface area contributed by atoms with Gasteiger partial charge in [-0.1, -0.05) is 12.1 Å². The van der Waals surface area contributed by atoms with E-state index in [0.29, 0.717) is 28.4 Å². The standard InChI is InChI=1S/C25H23N3O4S2/c1-15-26-19-10-8-17(13-23(19)34-15)28-25(30)18-6-4-5-7-22(18)33-14-24(29)27-16-9-11-20(31-2)21(12-16)32-3/h4-13H,14H2,1-3H3,(H,27,29)(H,28,30). The molecule has 0 aliphatic carbocycles. The number of hydrogen-bond acceptors (Lipinski definition) is 7. The monoisotopic (exact) mass is 493 g/mol. The molecule has 0 saturated carbocycles. The minimum absolute atomic E-state index is 0.144. The predicted molar refractivity (Wildman–Crippen MR) is 138 cm³/mol. The third-order valence-corrected chi connectivity index (χ3v) is 6.92. The topological polar surface area (TPSA) is 89.5 Å². The van der Waals surface area contributed by atoms with Gasteiger partial charge in [-0.3, -0.25) is 9.59 Å². The molecule has 34 heavy (non-hydrogen) atoms. The van der Waals surface area contributed by atoms with E-state index in [9.17, 15) is 9.59 Å². The number of aryl methyl sites for hydroxylation is 1. The van der Waals surface area contributed by atoms with Crippen LogP contribution in [0.3, 0.4) is 0 Å². The maximum Gasteiger partial charge on any atom is 0.256 e. The summed E-state index contributed by atoms with van der Waals surface area (Å²) in [6.07, 6.45) is 0. The zero-order valence-electron chi connectivity index (χ0n) is 18.9. The van der Waals surface area contributed by atoms with E-state index >= 15 is 0 Å². The van der Waals surface area contributed by atoms with Crippen molar-refractivity contribution in [1.29, 1.82) is 0 Å². The second-order valence-electron chi connectivity index (χ2n) is 7.27. The third kappa shape index (κ3) is 5.49. The van der Waals surface area contributed by atoms with Crippen LogP contribution in [0.4, 0.5) is 11.4 Å². The van der Waals surface area contributed by atoms with Crippen LogP contribution in [-0.4, -0.2) is 36.8 Å². The highest BCUT2D eigenvalue weighted by Crippen LogP contribution is 2.30. The maximum atomic E-state index is 13.0. The van der Waals surface area contributed by atoms with Gasteiger partial charge in [-0.15, -0.1) is 23.1 Å². The lowest BCUT2D eigenvalue weighted by Gasteiger charge is -2.12. The van der Waals surface area contributed by atoms with Gasteiger partial charge in [0.05, 0.1) is 40.8 Å². The molecule has 3 aromatic carbocycles. The van der Waals surface area contributed by atoms with Crippen molar-refractivity contribution in [2.75, 3.05) is 30.6 Å². The van der Waals surface area contributed by atoms with Crippen LogP contribution in [0.1, 0.15) is 15.4 Å². The van der Waals surface area contributed by atoms with E-state index in [-0.39, 0.29) is 17.6 Å². The summed E-state index contributed by atoms with van der Waals surface area (Å²) in [7, 11) is 3.09. The van der Waals surface area contributed by atoms with Crippen LogP contribution < -0.4 is 20.1 Å². The zero-order chi connectivity index (χ0) is 24.1. The largest absolute Gasteiger partial charge is 0.493 e. The number of thioether (sulfide) groups is 1. The van der Waals surface area contributed by atoms with Gasteiger partial charge in [0, 0.05) is 22.3 Å². The normalized spacial score (nSPS) is 10.7. The molecule has 0 bridgehead atoms. The van der Waals surface area contributed by atoms with Gasteiger partial charge in [0.15, 0.2) is 11.5 Å². The lowest BCUT2D eigenvalue weighted by molar-refractivity contribution is -0.113. The van der Waals surface area contributed by atoms with Gasteiger partial charge in [-0.2, -0.15) is 0 Å². The van der Waals surface area contributed by atoms with Crippen LogP contribution in [-0.2, 0) is 4.79 Å². The van der Waals surface area contributed by atoms with Crippen molar-refractivity contribution in [1.82, 2.24) is 4.98 Å². The Morgan fingerprint density at radius 2 is 1.68 bits per heavy atom. The first kappa shape index (κ1) is 23.6. The molecule has 4 rings (SSSR count). The summed E-state index contributed by atoms with van der Waals surface area (Å²) in [5.74, 6) is 0.827. The van der Waals surface area contributed by atoms with Gasteiger partial charge in [0.1, 0.15) is 0 Å². The summed E-state index contributed by atoms with van der Waals surface area (Å²) in [5, 5.41) is 6.77. The fraction of sp³-hybridized carbons (Fsp3) is 0.160. The first-order chi connectivity index (χ1) is 16.5. The zero-order valence-corrected chi connectivity index (χ0v) is 20.5. The highest BCUT2D eigenvalue weighted by Gasteiger charge is 2.14. The molecule has 0 radical (unpaired) electrons. The van der Waals surface area contributed by atoms with Crippen molar-refractivity contribution in [3.8, 4) is 11.5 Å².